The highest BCUT2D eigenvalue weighted by Crippen LogP contribution is 2.15. The predicted molar refractivity (Wildman–Crippen MR) is 362 cm³/mol. The van der Waals surface area contributed by atoms with E-state index < -0.39 is 6.10 Å². The molecular weight excluding hydrogens is 1020 g/mol. The number of ether oxygens (including phenoxy) is 3. The first-order valence-electron chi connectivity index (χ1n) is 34.3. The molecule has 470 valence electrons. The van der Waals surface area contributed by atoms with Gasteiger partial charge in [-0.2, -0.15) is 0 Å². The van der Waals surface area contributed by atoms with Gasteiger partial charge >= 0.3 is 17.9 Å². The van der Waals surface area contributed by atoms with E-state index in [-0.39, 0.29) is 31.1 Å². The average molecular weight is 1150 g/mol. The van der Waals surface area contributed by atoms with E-state index in [1.54, 1.807) is 0 Å². The van der Waals surface area contributed by atoms with Gasteiger partial charge in [0.05, 0.1) is 0 Å². The van der Waals surface area contributed by atoms with Crippen LogP contribution in [0.25, 0.3) is 0 Å². The summed E-state index contributed by atoms with van der Waals surface area (Å²) in [6, 6.07) is 0. The quantitative estimate of drug-likeness (QED) is 0.0261. The van der Waals surface area contributed by atoms with Crippen LogP contribution in [0.1, 0.15) is 303 Å². The molecule has 0 heterocycles. The summed E-state index contributed by atoms with van der Waals surface area (Å²) < 4.78 is 16.9. The Hall–Kier alpha value is -4.71. The van der Waals surface area contributed by atoms with Crippen LogP contribution in [0.2, 0.25) is 0 Å². The molecule has 0 aliphatic carbocycles. The highest BCUT2D eigenvalue weighted by Gasteiger charge is 2.19. The molecule has 0 rings (SSSR count). The first-order chi connectivity index (χ1) is 41.0. The molecule has 0 aromatic rings. The van der Waals surface area contributed by atoms with Crippen LogP contribution in [0.4, 0.5) is 0 Å². The van der Waals surface area contributed by atoms with Crippen molar-refractivity contribution in [2.45, 2.75) is 309 Å². The Morgan fingerprint density at radius 3 is 0.783 bits per heavy atom. The van der Waals surface area contributed by atoms with Crippen molar-refractivity contribution in [1.82, 2.24) is 0 Å². The number of carbonyl (C=O) groups excluding carboxylic acids is 3. The molecule has 0 amide bonds. The average Bonchev–Trinajstić information content (AvgIpc) is 3.49. The summed E-state index contributed by atoms with van der Waals surface area (Å²) in [6.07, 6.45) is 100. The lowest BCUT2D eigenvalue weighted by molar-refractivity contribution is -0.167. The Kier molecular flexibility index (Phi) is 65.8. The van der Waals surface area contributed by atoms with Crippen molar-refractivity contribution in [3.05, 3.63) is 146 Å². The molecule has 0 saturated heterocycles. The lowest BCUT2D eigenvalue weighted by Crippen LogP contribution is -2.30. The topological polar surface area (TPSA) is 78.9 Å². The van der Waals surface area contributed by atoms with Crippen molar-refractivity contribution < 1.29 is 28.6 Å². The zero-order valence-electron chi connectivity index (χ0n) is 53.9. The second-order valence-corrected chi connectivity index (χ2v) is 22.3. The van der Waals surface area contributed by atoms with E-state index >= 15 is 0 Å². The van der Waals surface area contributed by atoms with Crippen LogP contribution in [0, 0.1) is 0 Å². The van der Waals surface area contributed by atoms with Crippen LogP contribution < -0.4 is 0 Å². The highest BCUT2D eigenvalue weighted by atomic mass is 16.6. The van der Waals surface area contributed by atoms with Crippen LogP contribution in [0.15, 0.2) is 146 Å². The molecular formula is C77H126O6. The van der Waals surface area contributed by atoms with E-state index in [4.69, 9.17) is 14.2 Å². The van der Waals surface area contributed by atoms with Gasteiger partial charge in [0.25, 0.3) is 0 Å². The molecule has 0 fully saturated rings. The first kappa shape index (κ1) is 78.3. The van der Waals surface area contributed by atoms with E-state index in [0.29, 0.717) is 19.3 Å². The second kappa shape index (κ2) is 69.8. The number of esters is 3. The predicted octanol–water partition coefficient (Wildman–Crippen LogP) is 23.9. The lowest BCUT2D eigenvalue weighted by Gasteiger charge is -2.18. The molecule has 0 spiro atoms. The van der Waals surface area contributed by atoms with E-state index in [1.165, 1.54) is 103 Å². The van der Waals surface area contributed by atoms with Gasteiger partial charge in [-0.3, -0.25) is 14.4 Å². The van der Waals surface area contributed by atoms with E-state index in [0.717, 1.165) is 161 Å². The fourth-order valence-corrected chi connectivity index (χ4v) is 9.17. The number of hydrogen-bond acceptors (Lipinski definition) is 6. The maximum absolute atomic E-state index is 12.9. The minimum absolute atomic E-state index is 0.0955. The number of carbonyl (C=O) groups is 3. The van der Waals surface area contributed by atoms with Crippen molar-refractivity contribution >= 4 is 17.9 Å². The number of allylic oxidation sites excluding steroid dienone is 24. The molecule has 0 bridgehead atoms. The SMILES string of the molecule is CC/C=C\C/C=C\C/C=C\C/C=C\C/C=C\C/C=C\C/C=C\C/C=C\CCCCCCCCC(=O)OCC(COC(=O)CCCCCCC/C=C\C/C=C\CCC)OC(=O)CCCCCCCCCCC/C=C\C/C=C\CCCCCCC. The van der Waals surface area contributed by atoms with Gasteiger partial charge in [0.1, 0.15) is 13.2 Å². The molecule has 1 unspecified atom stereocenters. The summed E-state index contributed by atoms with van der Waals surface area (Å²) in [6.45, 7) is 6.44. The van der Waals surface area contributed by atoms with E-state index in [9.17, 15) is 14.4 Å². The van der Waals surface area contributed by atoms with Crippen LogP contribution in [0.5, 0.6) is 0 Å². The van der Waals surface area contributed by atoms with Gasteiger partial charge in [-0.05, 0) is 141 Å². The maximum Gasteiger partial charge on any atom is 0.306 e. The molecule has 0 saturated carbocycles. The third kappa shape index (κ3) is 68.0. The Morgan fingerprint density at radius 1 is 0.253 bits per heavy atom. The van der Waals surface area contributed by atoms with Crippen LogP contribution in [-0.4, -0.2) is 37.2 Å². The van der Waals surface area contributed by atoms with Crippen LogP contribution in [-0.2, 0) is 28.6 Å². The highest BCUT2D eigenvalue weighted by molar-refractivity contribution is 5.71. The summed E-state index contributed by atoms with van der Waals surface area (Å²) in [5, 5.41) is 0. The second-order valence-electron chi connectivity index (χ2n) is 22.3. The third-order valence-electron chi connectivity index (χ3n) is 14.3. The molecule has 0 N–H and O–H groups in total. The van der Waals surface area contributed by atoms with Crippen LogP contribution in [0.3, 0.4) is 0 Å². The standard InChI is InChI=1S/C77H126O6/c1-4-7-10-13-16-19-22-25-27-29-31-33-34-35-36-37-38-39-40-41-42-44-45-47-49-52-55-58-61-64-67-70-76(79)82-73-74(72-81-75(78)69-66-63-60-57-54-51-24-21-18-15-12-9-6-3)83-77(80)71-68-65-62-59-56-53-50-48-46-43-32-30-28-26-23-20-17-14-11-8-5-2/h7,10,12,15-16,19,21,23-27,30-33,35-36,38-39,41-42,45,47,74H,4-6,8-9,11,13-14,17-18,20,22,28-29,34,37,40,43-44,46,48-73H2,1-3H3/b10-7-,15-12-,19-16-,24-21-,26-23-,27-25-,32-30-,33-31-,36-35-,39-38-,42-41-,47-45-. The Morgan fingerprint density at radius 2 is 0.494 bits per heavy atom. The summed E-state index contributed by atoms with van der Waals surface area (Å²) in [7, 11) is 0. The minimum atomic E-state index is -0.800. The molecule has 0 radical (unpaired) electrons. The van der Waals surface area contributed by atoms with E-state index in [1.807, 2.05) is 0 Å². The molecule has 1 atom stereocenters. The molecule has 0 aromatic carbocycles. The summed E-state index contributed by atoms with van der Waals surface area (Å²) >= 11 is 0. The fourth-order valence-electron chi connectivity index (χ4n) is 9.17. The Bertz CT molecular complexity index is 1800. The number of hydrogen-bond donors (Lipinski definition) is 0. The summed E-state index contributed by atoms with van der Waals surface area (Å²) in [4.78, 5) is 38.4. The van der Waals surface area contributed by atoms with Gasteiger partial charge in [-0.15, -0.1) is 0 Å². The zero-order valence-corrected chi connectivity index (χ0v) is 53.9. The maximum atomic E-state index is 12.9. The summed E-state index contributed by atoms with van der Waals surface area (Å²) in [5.41, 5.74) is 0. The normalized spacial score (nSPS) is 13.0. The van der Waals surface area contributed by atoms with Gasteiger partial charge in [-0.25, -0.2) is 0 Å². The van der Waals surface area contributed by atoms with Crippen LogP contribution >= 0.6 is 0 Å². The van der Waals surface area contributed by atoms with Gasteiger partial charge in [0.15, 0.2) is 6.10 Å². The van der Waals surface area contributed by atoms with Gasteiger partial charge in [-0.1, -0.05) is 289 Å². The molecule has 0 aliphatic rings. The monoisotopic (exact) mass is 1150 g/mol. The number of unbranched alkanes of at least 4 members (excludes halogenated alkanes) is 26. The first-order valence-corrected chi connectivity index (χ1v) is 34.3. The van der Waals surface area contributed by atoms with Gasteiger partial charge in [0, 0.05) is 19.3 Å². The van der Waals surface area contributed by atoms with Gasteiger partial charge in [0.2, 0.25) is 0 Å². The Labute approximate surface area is 512 Å². The van der Waals surface area contributed by atoms with Crippen molar-refractivity contribution in [2.75, 3.05) is 13.2 Å². The molecule has 6 nitrogen and oxygen atoms in total. The lowest BCUT2D eigenvalue weighted by atomic mass is 10.1. The van der Waals surface area contributed by atoms with Crippen molar-refractivity contribution in [3.63, 3.8) is 0 Å². The summed E-state index contributed by atoms with van der Waals surface area (Å²) in [5.74, 6) is -0.924. The minimum Gasteiger partial charge on any atom is -0.462 e. The molecule has 6 heteroatoms. The van der Waals surface area contributed by atoms with Crippen molar-refractivity contribution in [3.8, 4) is 0 Å². The Balaban J connectivity index is 4.36. The van der Waals surface area contributed by atoms with Crippen molar-refractivity contribution in [2.24, 2.45) is 0 Å². The molecule has 83 heavy (non-hydrogen) atoms. The smallest absolute Gasteiger partial charge is 0.306 e. The number of rotatable bonds is 61. The molecule has 0 aromatic heterocycles. The fraction of sp³-hybridized carbons (Fsp3) is 0.649. The van der Waals surface area contributed by atoms with Gasteiger partial charge < -0.3 is 14.2 Å². The van der Waals surface area contributed by atoms with E-state index in [2.05, 4.69) is 167 Å². The third-order valence-corrected chi connectivity index (χ3v) is 14.3. The molecule has 0 aliphatic heterocycles. The largest absolute Gasteiger partial charge is 0.462 e. The zero-order chi connectivity index (χ0) is 59.9. The van der Waals surface area contributed by atoms with Crippen molar-refractivity contribution in [1.29, 1.82) is 0 Å².